The van der Waals surface area contributed by atoms with Crippen LogP contribution < -0.4 is 5.48 Å². The molecule has 1 aromatic carbocycles. The summed E-state index contributed by atoms with van der Waals surface area (Å²) in [7, 11) is 0. The standard InChI is InChI=1S/C15H23NO/c1-13(15-10-6-3-7-11-15)16-17-12-14-8-4-2-5-9-14/h2,4-5,8-9,13,15-16H,3,6-7,10-12H2,1H3. The summed E-state index contributed by atoms with van der Waals surface area (Å²) in [6.07, 6.45) is 6.88. The van der Waals surface area contributed by atoms with E-state index >= 15 is 0 Å². The summed E-state index contributed by atoms with van der Waals surface area (Å²) in [5, 5.41) is 0. The minimum absolute atomic E-state index is 0.471. The number of nitrogens with one attached hydrogen (secondary N) is 1. The fourth-order valence-electron chi connectivity index (χ4n) is 2.56. The van der Waals surface area contributed by atoms with Gasteiger partial charge in [0.15, 0.2) is 0 Å². The quantitative estimate of drug-likeness (QED) is 0.783. The lowest BCUT2D eigenvalue weighted by Gasteiger charge is -2.27. The molecule has 94 valence electrons. The molecule has 1 aliphatic carbocycles. The summed E-state index contributed by atoms with van der Waals surface area (Å²) in [5.41, 5.74) is 4.42. The average Bonchev–Trinajstić information content (AvgIpc) is 2.41. The third kappa shape index (κ3) is 4.14. The van der Waals surface area contributed by atoms with Gasteiger partial charge in [0.05, 0.1) is 6.61 Å². The maximum atomic E-state index is 5.58. The number of rotatable bonds is 5. The molecule has 1 aromatic rings. The van der Waals surface area contributed by atoms with E-state index in [1.54, 1.807) is 0 Å². The lowest BCUT2D eigenvalue weighted by Crippen LogP contribution is -2.34. The van der Waals surface area contributed by atoms with Crippen molar-refractivity contribution in [3.63, 3.8) is 0 Å². The van der Waals surface area contributed by atoms with Crippen molar-refractivity contribution in [2.75, 3.05) is 0 Å². The van der Waals surface area contributed by atoms with Crippen molar-refractivity contribution in [1.82, 2.24) is 5.48 Å². The fourth-order valence-corrected chi connectivity index (χ4v) is 2.56. The fraction of sp³-hybridized carbons (Fsp3) is 0.600. The zero-order valence-electron chi connectivity index (χ0n) is 10.7. The van der Waals surface area contributed by atoms with E-state index < -0.39 is 0 Å². The van der Waals surface area contributed by atoms with Crippen LogP contribution >= 0.6 is 0 Å². The van der Waals surface area contributed by atoms with Gasteiger partial charge in [-0.3, -0.25) is 4.84 Å². The largest absolute Gasteiger partial charge is 0.297 e. The Kier molecular flexibility index (Phi) is 5.02. The molecule has 2 rings (SSSR count). The lowest BCUT2D eigenvalue weighted by atomic mass is 9.85. The molecule has 0 amide bonds. The molecule has 0 aromatic heterocycles. The molecule has 1 fully saturated rings. The van der Waals surface area contributed by atoms with Gasteiger partial charge in [-0.1, -0.05) is 49.6 Å². The number of hydrogen-bond acceptors (Lipinski definition) is 2. The van der Waals surface area contributed by atoms with Crippen molar-refractivity contribution in [2.45, 2.75) is 51.7 Å². The smallest absolute Gasteiger partial charge is 0.0933 e. The zero-order chi connectivity index (χ0) is 11.9. The van der Waals surface area contributed by atoms with Crippen LogP contribution in [0.2, 0.25) is 0 Å². The molecule has 2 nitrogen and oxygen atoms in total. The van der Waals surface area contributed by atoms with Gasteiger partial charge in [0.25, 0.3) is 0 Å². The first-order valence-corrected chi connectivity index (χ1v) is 6.77. The van der Waals surface area contributed by atoms with E-state index in [0.717, 1.165) is 5.92 Å². The maximum Gasteiger partial charge on any atom is 0.0933 e. The SMILES string of the molecule is CC(NOCc1ccccc1)C1CCCCC1. The molecule has 17 heavy (non-hydrogen) atoms. The molecule has 1 N–H and O–H groups in total. The molecule has 0 saturated heterocycles. The van der Waals surface area contributed by atoms with E-state index in [0.29, 0.717) is 12.6 Å². The van der Waals surface area contributed by atoms with Crippen LogP contribution in [-0.2, 0) is 11.4 Å². The second-order valence-corrected chi connectivity index (χ2v) is 5.08. The zero-order valence-corrected chi connectivity index (χ0v) is 10.7. The van der Waals surface area contributed by atoms with E-state index in [9.17, 15) is 0 Å². The Morgan fingerprint density at radius 1 is 1.18 bits per heavy atom. The van der Waals surface area contributed by atoms with E-state index in [1.165, 1.54) is 37.7 Å². The monoisotopic (exact) mass is 233 g/mol. The molecule has 0 bridgehead atoms. The van der Waals surface area contributed by atoms with Gasteiger partial charge in [-0.25, -0.2) is 0 Å². The second-order valence-electron chi connectivity index (χ2n) is 5.08. The highest BCUT2D eigenvalue weighted by Crippen LogP contribution is 2.26. The van der Waals surface area contributed by atoms with Gasteiger partial charge in [0.1, 0.15) is 0 Å². The molecule has 1 atom stereocenters. The summed E-state index contributed by atoms with van der Waals surface area (Å²) >= 11 is 0. The van der Waals surface area contributed by atoms with Gasteiger partial charge in [0, 0.05) is 6.04 Å². The Hall–Kier alpha value is -0.860. The van der Waals surface area contributed by atoms with Crippen LogP contribution in [0.1, 0.15) is 44.6 Å². The Bertz CT molecular complexity index is 306. The van der Waals surface area contributed by atoms with E-state index in [1.807, 2.05) is 18.2 Å². The van der Waals surface area contributed by atoms with Crippen LogP contribution in [0.5, 0.6) is 0 Å². The van der Waals surface area contributed by atoms with Crippen molar-refractivity contribution in [2.24, 2.45) is 5.92 Å². The Labute approximate surface area is 104 Å². The van der Waals surface area contributed by atoms with Crippen LogP contribution in [0.4, 0.5) is 0 Å². The van der Waals surface area contributed by atoms with Crippen LogP contribution in [-0.4, -0.2) is 6.04 Å². The normalized spacial score (nSPS) is 19.1. The van der Waals surface area contributed by atoms with E-state index in [-0.39, 0.29) is 0 Å². The molecule has 2 heteroatoms. The maximum absolute atomic E-state index is 5.58. The third-order valence-electron chi connectivity index (χ3n) is 3.71. The Morgan fingerprint density at radius 3 is 2.59 bits per heavy atom. The number of hydroxylamine groups is 1. The van der Waals surface area contributed by atoms with Gasteiger partial charge in [-0.15, -0.1) is 0 Å². The highest BCUT2D eigenvalue weighted by molar-refractivity contribution is 5.13. The average molecular weight is 233 g/mol. The van der Waals surface area contributed by atoms with Crippen LogP contribution in [0.25, 0.3) is 0 Å². The van der Waals surface area contributed by atoms with Crippen molar-refractivity contribution in [3.8, 4) is 0 Å². The lowest BCUT2D eigenvalue weighted by molar-refractivity contribution is -0.0101. The molecular formula is C15H23NO. The summed E-state index contributed by atoms with van der Waals surface area (Å²) < 4.78 is 0. The van der Waals surface area contributed by atoms with Crippen molar-refractivity contribution >= 4 is 0 Å². The molecular weight excluding hydrogens is 210 g/mol. The predicted molar refractivity (Wildman–Crippen MR) is 70.4 cm³/mol. The van der Waals surface area contributed by atoms with Gasteiger partial charge in [-0.2, -0.15) is 5.48 Å². The first-order chi connectivity index (χ1) is 8.36. The van der Waals surface area contributed by atoms with Gasteiger partial charge < -0.3 is 0 Å². The molecule has 1 aliphatic rings. The molecule has 0 spiro atoms. The number of hydrogen-bond donors (Lipinski definition) is 1. The van der Waals surface area contributed by atoms with Crippen LogP contribution in [0.15, 0.2) is 30.3 Å². The third-order valence-corrected chi connectivity index (χ3v) is 3.71. The Morgan fingerprint density at radius 2 is 1.88 bits per heavy atom. The predicted octanol–water partition coefficient (Wildman–Crippen LogP) is 3.68. The first kappa shape index (κ1) is 12.6. The van der Waals surface area contributed by atoms with Gasteiger partial charge in [0.2, 0.25) is 0 Å². The van der Waals surface area contributed by atoms with Crippen LogP contribution in [0, 0.1) is 5.92 Å². The molecule has 0 heterocycles. The second kappa shape index (κ2) is 6.77. The van der Waals surface area contributed by atoms with Crippen molar-refractivity contribution in [3.05, 3.63) is 35.9 Å². The molecule has 0 aliphatic heterocycles. The summed E-state index contributed by atoms with van der Waals surface area (Å²) in [4.78, 5) is 5.58. The topological polar surface area (TPSA) is 21.3 Å². The van der Waals surface area contributed by atoms with E-state index in [4.69, 9.17) is 4.84 Å². The minimum Gasteiger partial charge on any atom is -0.297 e. The molecule has 0 radical (unpaired) electrons. The highest BCUT2D eigenvalue weighted by atomic mass is 16.6. The van der Waals surface area contributed by atoms with Gasteiger partial charge in [-0.05, 0) is 31.2 Å². The summed E-state index contributed by atoms with van der Waals surface area (Å²) in [6.45, 7) is 2.89. The van der Waals surface area contributed by atoms with Crippen molar-refractivity contribution in [1.29, 1.82) is 0 Å². The van der Waals surface area contributed by atoms with Crippen LogP contribution in [0.3, 0.4) is 0 Å². The highest BCUT2D eigenvalue weighted by Gasteiger charge is 2.19. The van der Waals surface area contributed by atoms with Crippen molar-refractivity contribution < 1.29 is 4.84 Å². The summed E-state index contributed by atoms with van der Waals surface area (Å²) in [6, 6.07) is 10.8. The van der Waals surface area contributed by atoms with E-state index in [2.05, 4.69) is 24.5 Å². The Balaban J connectivity index is 1.67. The van der Waals surface area contributed by atoms with Gasteiger partial charge >= 0.3 is 0 Å². The molecule has 1 unspecified atom stereocenters. The summed E-state index contributed by atoms with van der Waals surface area (Å²) in [5.74, 6) is 0.791. The first-order valence-electron chi connectivity index (χ1n) is 6.77. The minimum atomic E-state index is 0.471. The number of benzene rings is 1. The molecule has 1 saturated carbocycles.